The lowest BCUT2D eigenvalue weighted by molar-refractivity contribution is -0.118. The summed E-state index contributed by atoms with van der Waals surface area (Å²) < 4.78 is 15.5. The van der Waals surface area contributed by atoms with Crippen molar-refractivity contribution in [3.63, 3.8) is 0 Å². The van der Waals surface area contributed by atoms with E-state index in [0.29, 0.717) is 17.2 Å². The van der Waals surface area contributed by atoms with Gasteiger partial charge >= 0.3 is 6.03 Å². The van der Waals surface area contributed by atoms with Gasteiger partial charge in [0.15, 0.2) is 5.82 Å². The number of hydrogen-bond donors (Lipinski definition) is 1. The fraction of sp³-hybridized carbons (Fsp3) is 0.118. The Labute approximate surface area is 147 Å². The van der Waals surface area contributed by atoms with Crippen LogP contribution in [0, 0.1) is 12.7 Å². The van der Waals surface area contributed by atoms with Crippen molar-refractivity contribution >= 4 is 17.6 Å². The molecule has 0 aliphatic carbocycles. The summed E-state index contributed by atoms with van der Waals surface area (Å²) in [7, 11) is 0. The Kier molecular flexibility index (Phi) is 3.68. The molecule has 0 spiro atoms. The average molecular weight is 352 g/mol. The molecule has 1 saturated heterocycles. The van der Waals surface area contributed by atoms with Crippen molar-refractivity contribution in [1.29, 1.82) is 0 Å². The molecule has 1 N–H and O–H groups in total. The molecule has 2 aromatic carbocycles. The molecule has 1 fully saturated rings. The number of imide groups is 1. The number of halogens is 1. The number of nitrogens with zero attached hydrogens (tertiary/aromatic N) is 5. The van der Waals surface area contributed by atoms with Crippen LogP contribution in [0.15, 0.2) is 48.5 Å². The molecule has 8 nitrogen and oxygen atoms in total. The molecule has 0 saturated carbocycles. The number of urea groups is 1. The van der Waals surface area contributed by atoms with Crippen molar-refractivity contribution in [2.75, 3.05) is 4.90 Å². The standard InChI is InChI=1S/C17H13FN6O2/c1-10-20-21-22-24(10)12-6-4-5-11(9-12)23-16(25)15(19-17(23)26)13-7-2-3-8-14(13)18/h2-9,15H,1H3,(H,19,26). The van der Waals surface area contributed by atoms with Crippen molar-refractivity contribution in [2.45, 2.75) is 13.0 Å². The maximum Gasteiger partial charge on any atom is 0.329 e. The number of aromatic nitrogens is 4. The van der Waals surface area contributed by atoms with E-state index in [9.17, 15) is 14.0 Å². The molecule has 2 heterocycles. The molecule has 1 unspecified atom stereocenters. The van der Waals surface area contributed by atoms with Gasteiger partial charge in [0.2, 0.25) is 0 Å². The number of hydrogen-bond acceptors (Lipinski definition) is 5. The first kappa shape index (κ1) is 15.9. The van der Waals surface area contributed by atoms with E-state index in [4.69, 9.17) is 0 Å². The number of anilines is 1. The van der Waals surface area contributed by atoms with E-state index in [1.165, 1.54) is 22.9 Å². The maximum absolute atomic E-state index is 14.0. The van der Waals surface area contributed by atoms with E-state index in [2.05, 4.69) is 20.8 Å². The molecule has 9 heteroatoms. The van der Waals surface area contributed by atoms with Gasteiger partial charge in [-0.25, -0.2) is 14.1 Å². The van der Waals surface area contributed by atoms with Gasteiger partial charge in [-0.15, -0.1) is 5.10 Å². The lowest BCUT2D eigenvalue weighted by Crippen LogP contribution is -2.30. The second kappa shape index (κ2) is 6.03. The summed E-state index contributed by atoms with van der Waals surface area (Å²) in [5.41, 5.74) is 1.07. The lowest BCUT2D eigenvalue weighted by Gasteiger charge is -2.14. The number of aryl methyl sites for hydroxylation is 1. The first-order valence-electron chi connectivity index (χ1n) is 7.80. The van der Waals surface area contributed by atoms with Gasteiger partial charge in [0.1, 0.15) is 11.9 Å². The number of benzene rings is 2. The van der Waals surface area contributed by atoms with Crippen LogP contribution in [0.2, 0.25) is 0 Å². The van der Waals surface area contributed by atoms with Gasteiger partial charge in [-0.05, 0) is 41.6 Å². The minimum absolute atomic E-state index is 0.126. The minimum Gasteiger partial charge on any atom is -0.321 e. The smallest absolute Gasteiger partial charge is 0.321 e. The fourth-order valence-corrected chi connectivity index (χ4v) is 2.88. The summed E-state index contributed by atoms with van der Waals surface area (Å²) in [6, 6.07) is 10.8. The van der Waals surface area contributed by atoms with E-state index in [0.717, 1.165) is 4.90 Å². The van der Waals surface area contributed by atoms with Crippen LogP contribution in [0.3, 0.4) is 0 Å². The molecule has 1 aliphatic rings. The molecule has 4 rings (SSSR count). The zero-order chi connectivity index (χ0) is 18.3. The highest BCUT2D eigenvalue weighted by Gasteiger charge is 2.41. The quantitative estimate of drug-likeness (QED) is 0.727. The normalized spacial score (nSPS) is 16.8. The van der Waals surface area contributed by atoms with Crippen LogP contribution in [-0.4, -0.2) is 32.1 Å². The Morgan fingerprint density at radius 3 is 2.58 bits per heavy atom. The van der Waals surface area contributed by atoms with Crippen LogP contribution in [0.25, 0.3) is 5.69 Å². The Balaban J connectivity index is 1.71. The second-order valence-electron chi connectivity index (χ2n) is 5.74. The number of tetrazole rings is 1. The monoisotopic (exact) mass is 352 g/mol. The van der Waals surface area contributed by atoms with Gasteiger partial charge in [-0.3, -0.25) is 4.79 Å². The molecular formula is C17H13FN6O2. The van der Waals surface area contributed by atoms with Crippen LogP contribution in [0.1, 0.15) is 17.4 Å². The highest BCUT2D eigenvalue weighted by molar-refractivity contribution is 6.21. The van der Waals surface area contributed by atoms with Gasteiger partial charge in [-0.1, -0.05) is 24.3 Å². The van der Waals surface area contributed by atoms with Crippen LogP contribution >= 0.6 is 0 Å². The number of carbonyl (C=O) groups is 2. The minimum atomic E-state index is -1.07. The third-order valence-corrected chi connectivity index (χ3v) is 4.11. The van der Waals surface area contributed by atoms with E-state index >= 15 is 0 Å². The number of rotatable bonds is 3. The molecule has 0 radical (unpaired) electrons. The summed E-state index contributed by atoms with van der Waals surface area (Å²) >= 11 is 0. The maximum atomic E-state index is 14.0. The second-order valence-corrected chi connectivity index (χ2v) is 5.74. The molecule has 0 bridgehead atoms. The van der Waals surface area contributed by atoms with E-state index in [1.54, 1.807) is 37.3 Å². The first-order chi connectivity index (χ1) is 12.6. The molecule has 1 aliphatic heterocycles. The highest BCUT2D eigenvalue weighted by Crippen LogP contribution is 2.29. The highest BCUT2D eigenvalue weighted by atomic mass is 19.1. The Morgan fingerprint density at radius 2 is 1.85 bits per heavy atom. The summed E-state index contributed by atoms with van der Waals surface area (Å²) in [5.74, 6) is -0.541. The summed E-state index contributed by atoms with van der Waals surface area (Å²) in [6.07, 6.45) is 0. The number of carbonyl (C=O) groups excluding carboxylic acids is 2. The van der Waals surface area contributed by atoms with Crippen LogP contribution in [0.5, 0.6) is 0 Å². The van der Waals surface area contributed by atoms with Crippen LogP contribution in [0.4, 0.5) is 14.9 Å². The Morgan fingerprint density at radius 1 is 1.08 bits per heavy atom. The van der Waals surface area contributed by atoms with Gasteiger partial charge < -0.3 is 5.32 Å². The largest absolute Gasteiger partial charge is 0.329 e. The third-order valence-electron chi connectivity index (χ3n) is 4.11. The van der Waals surface area contributed by atoms with Crippen molar-refractivity contribution in [3.8, 4) is 5.69 Å². The fourth-order valence-electron chi connectivity index (χ4n) is 2.88. The van der Waals surface area contributed by atoms with Crippen LogP contribution < -0.4 is 10.2 Å². The molecule has 3 aromatic rings. The summed E-state index contributed by atoms with van der Waals surface area (Å²) in [4.78, 5) is 26.1. The zero-order valence-corrected chi connectivity index (χ0v) is 13.6. The van der Waals surface area contributed by atoms with Crippen molar-refractivity contribution in [3.05, 3.63) is 65.7 Å². The van der Waals surface area contributed by atoms with Crippen molar-refractivity contribution < 1.29 is 14.0 Å². The molecular weight excluding hydrogens is 339 g/mol. The predicted octanol–water partition coefficient (Wildman–Crippen LogP) is 1.91. The molecule has 26 heavy (non-hydrogen) atoms. The van der Waals surface area contributed by atoms with Gasteiger partial charge in [-0.2, -0.15) is 4.68 Å². The Bertz CT molecular complexity index is 1020. The van der Waals surface area contributed by atoms with Gasteiger partial charge in [0.25, 0.3) is 5.91 Å². The van der Waals surface area contributed by atoms with Crippen molar-refractivity contribution in [2.24, 2.45) is 0 Å². The SMILES string of the molecule is Cc1nnnn1-c1cccc(N2C(=O)NC(c3ccccc3F)C2=O)c1. The number of nitrogens with one attached hydrogen (secondary N) is 1. The third kappa shape index (κ3) is 2.50. The lowest BCUT2D eigenvalue weighted by atomic mass is 10.1. The van der Waals surface area contributed by atoms with E-state index in [1.807, 2.05) is 0 Å². The molecule has 3 amide bonds. The van der Waals surface area contributed by atoms with Gasteiger partial charge in [0.05, 0.1) is 11.4 Å². The number of amides is 3. The first-order valence-corrected chi connectivity index (χ1v) is 7.80. The Hall–Kier alpha value is -3.62. The van der Waals surface area contributed by atoms with E-state index < -0.39 is 23.8 Å². The van der Waals surface area contributed by atoms with Crippen LogP contribution in [-0.2, 0) is 4.79 Å². The van der Waals surface area contributed by atoms with Gasteiger partial charge in [0, 0.05) is 5.56 Å². The topological polar surface area (TPSA) is 93.0 Å². The zero-order valence-electron chi connectivity index (χ0n) is 13.6. The van der Waals surface area contributed by atoms with Crippen molar-refractivity contribution in [1.82, 2.24) is 25.5 Å². The predicted molar refractivity (Wildman–Crippen MR) is 89.0 cm³/mol. The molecule has 130 valence electrons. The summed E-state index contributed by atoms with van der Waals surface area (Å²) in [6.45, 7) is 1.73. The van der Waals surface area contributed by atoms with E-state index in [-0.39, 0.29) is 5.56 Å². The molecule has 1 aromatic heterocycles. The summed E-state index contributed by atoms with van der Waals surface area (Å²) in [5, 5.41) is 13.8. The molecule has 1 atom stereocenters. The average Bonchev–Trinajstić information content (AvgIpc) is 3.18.